The fourth-order valence-corrected chi connectivity index (χ4v) is 0.855. The molecule has 2 N–H and O–H groups in total. The van der Waals surface area contributed by atoms with Crippen molar-refractivity contribution in [1.29, 1.82) is 0 Å². The van der Waals surface area contributed by atoms with Crippen LogP contribution in [-0.2, 0) is 9.53 Å². The van der Waals surface area contributed by atoms with Crippen molar-refractivity contribution in [3.8, 4) is 0 Å². The van der Waals surface area contributed by atoms with Gasteiger partial charge in [0.25, 0.3) is 0 Å². The first-order valence-electron chi connectivity index (χ1n) is 3.88. The average molecular weight is 155 g/mol. The second kappa shape index (κ2) is 3.42. The van der Waals surface area contributed by atoms with Crippen LogP contribution in [0.1, 0.15) is 19.8 Å². The number of esters is 1. The van der Waals surface area contributed by atoms with Crippen molar-refractivity contribution < 1.29 is 9.53 Å². The Kier molecular flexibility index (Phi) is 2.52. The van der Waals surface area contributed by atoms with Gasteiger partial charge in [0.15, 0.2) is 0 Å². The molecule has 0 bridgehead atoms. The Balaban J connectivity index is 2.35. The maximum absolute atomic E-state index is 10.8. The van der Waals surface area contributed by atoms with Gasteiger partial charge < -0.3 is 10.5 Å². The number of hydrogen-bond donors (Lipinski definition) is 1. The van der Waals surface area contributed by atoms with Crippen LogP contribution in [0.5, 0.6) is 0 Å². The van der Waals surface area contributed by atoms with Crippen LogP contribution in [-0.4, -0.2) is 12.6 Å². The Bertz CT molecular complexity index is 183. The summed E-state index contributed by atoms with van der Waals surface area (Å²) in [5, 5.41) is 0. The van der Waals surface area contributed by atoms with Crippen molar-refractivity contribution in [3.05, 3.63) is 11.8 Å². The van der Waals surface area contributed by atoms with Crippen LogP contribution in [0.4, 0.5) is 0 Å². The van der Waals surface area contributed by atoms with Gasteiger partial charge in [-0.25, -0.2) is 4.79 Å². The van der Waals surface area contributed by atoms with Gasteiger partial charge >= 0.3 is 5.97 Å². The Morgan fingerprint density at radius 3 is 2.82 bits per heavy atom. The molecule has 0 unspecified atom stereocenters. The summed E-state index contributed by atoms with van der Waals surface area (Å²) in [6.07, 6.45) is 3.62. The number of allylic oxidation sites excluding steroid dienone is 1. The van der Waals surface area contributed by atoms with E-state index in [-0.39, 0.29) is 5.97 Å². The number of hydrogen-bond acceptors (Lipinski definition) is 3. The SMILES string of the molecule is CCOC(=O)/C=C(\N)C1CC1. The highest BCUT2D eigenvalue weighted by Gasteiger charge is 2.24. The normalized spacial score (nSPS) is 18.1. The van der Waals surface area contributed by atoms with E-state index < -0.39 is 0 Å². The first-order valence-corrected chi connectivity index (χ1v) is 3.88. The monoisotopic (exact) mass is 155 g/mol. The Labute approximate surface area is 66.2 Å². The fourth-order valence-electron chi connectivity index (χ4n) is 0.855. The second-order valence-corrected chi connectivity index (χ2v) is 2.67. The zero-order valence-corrected chi connectivity index (χ0v) is 6.67. The highest BCUT2D eigenvalue weighted by Crippen LogP contribution is 2.33. The molecule has 1 aliphatic carbocycles. The smallest absolute Gasteiger partial charge is 0.332 e. The number of rotatable bonds is 3. The molecule has 0 atom stereocenters. The minimum Gasteiger partial charge on any atom is -0.463 e. The summed E-state index contributed by atoms with van der Waals surface area (Å²) >= 11 is 0. The summed E-state index contributed by atoms with van der Waals surface area (Å²) in [6, 6.07) is 0. The van der Waals surface area contributed by atoms with Gasteiger partial charge in [0.1, 0.15) is 0 Å². The fraction of sp³-hybridized carbons (Fsp3) is 0.625. The molecule has 62 valence electrons. The largest absolute Gasteiger partial charge is 0.463 e. The van der Waals surface area contributed by atoms with E-state index in [0.29, 0.717) is 18.2 Å². The zero-order valence-electron chi connectivity index (χ0n) is 6.67. The van der Waals surface area contributed by atoms with E-state index in [0.717, 1.165) is 12.8 Å². The van der Waals surface area contributed by atoms with Crippen LogP contribution >= 0.6 is 0 Å². The van der Waals surface area contributed by atoms with Gasteiger partial charge in [-0.05, 0) is 25.7 Å². The van der Waals surface area contributed by atoms with Crippen LogP contribution in [0.15, 0.2) is 11.8 Å². The third-order valence-corrected chi connectivity index (χ3v) is 1.62. The number of carbonyl (C=O) groups excluding carboxylic acids is 1. The maximum atomic E-state index is 10.8. The molecule has 0 heterocycles. The summed E-state index contributed by atoms with van der Waals surface area (Å²) in [7, 11) is 0. The van der Waals surface area contributed by atoms with Gasteiger partial charge in [-0.3, -0.25) is 0 Å². The van der Waals surface area contributed by atoms with E-state index >= 15 is 0 Å². The van der Waals surface area contributed by atoms with Crippen molar-refractivity contribution in [3.63, 3.8) is 0 Å². The lowest BCUT2D eigenvalue weighted by Crippen LogP contribution is -2.06. The summed E-state index contributed by atoms with van der Waals surface area (Å²) in [5.74, 6) is 0.122. The van der Waals surface area contributed by atoms with Gasteiger partial charge in [0.2, 0.25) is 0 Å². The summed E-state index contributed by atoms with van der Waals surface area (Å²) in [5.41, 5.74) is 6.24. The third kappa shape index (κ3) is 2.62. The first-order chi connectivity index (χ1) is 5.24. The first kappa shape index (κ1) is 8.11. The second-order valence-electron chi connectivity index (χ2n) is 2.67. The minimum absolute atomic E-state index is 0.322. The molecule has 0 amide bonds. The van der Waals surface area contributed by atoms with Gasteiger partial charge in [-0.1, -0.05) is 0 Å². The molecule has 1 fully saturated rings. The van der Waals surface area contributed by atoms with Gasteiger partial charge in [0, 0.05) is 11.8 Å². The molecule has 1 rings (SSSR count). The molecule has 0 saturated heterocycles. The molecular weight excluding hydrogens is 142 g/mol. The van der Waals surface area contributed by atoms with Crippen LogP contribution in [0, 0.1) is 5.92 Å². The molecule has 0 radical (unpaired) electrons. The van der Waals surface area contributed by atoms with Gasteiger partial charge in [0.05, 0.1) is 6.61 Å². The maximum Gasteiger partial charge on any atom is 0.332 e. The van der Waals surface area contributed by atoms with E-state index in [1.54, 1.807) is 6.92 Å². The minimum atomic E-state index is -0.322. The lowest BCUT2D eigenvalue weighted by Gasteiger charge is -1.97. The highest BCUT2D eigenvalue weighted by atomic mass is 16.5. The topological polar surface area (TPSA) is 52.3 Å². The quantitative estimate of drug-likeness (QED) is 0.484. The highest BCUT2D eigenvalue weighted by molar-refractivity contribution is 5.82. The standard InChI is InChI=1S/C8H13NO2/c1-2-11-8(10)5-7(9)6-3-4-6/h5-6H,2-4,9H2,1H3/b7-5-. The third-order valence-electron chi connectivity index (χ3n) is 1.62. The number of ether oxygens (including phenoxy) is 1. The van der Waals surface area contributed by atoms with Crippen molar-refractivity contribution in [2.45, 2.75) is 19.8 Å². The molecule has 3 heteroatoms. The van der Waals surface area contributed by atoms with Crippen molar-refractivity contribution in [2.75, 3.05) is 6.61 Å². The van der Waals surface area contributed by atoms with E-state index in [2.05, 4.69) is 0 Å². The molecule has 0 aromatic heterocycles. The van der Waals surface area contributed by atoms with Crippen molar-refractivity contribution in [1.82, 2.24) is 0 Å². The zero-order chi connectivity index (χ0) is 8.27. The number of carbonyl (C=O) groups is 1. The predicted molar refractivity (Wildman–Crippen MR) is 41.6 cm³/mol. The van der Waals surface area contributed by atoms with Gasteiger partial charge in [-0.15, -0.1) is 0 Å². The van der Waals surface area contributed by atoms with E-state index in [1.807, 2.05) is 0 Å². The lowest BCUT2D eigenvalue weighted by molar-refractivity contribution is -0.137. The molecular formula is C8H13NO2. The Morgan fingerprint density at radius 1 is 1.73 bits per heavy atom. The molecule has 1 saturated carbocycles. The van der Waals surface area contributed by atoms with Crippen molar-refractivity contribution in [2.24, 2.45) is 11.7 Å². The van der Waals surface area contributed by atoms with Crippen LogP contribution in [0.2, 0.25) is 0 Å². The molecule has 0 aliphatic heterocycles. The lowest BCUT2D eigenvalue weighted by atomic mass is 10.3. The molecule has 0 aromatic rings. The van der Waals surface area contributed by atoms with Crippen molar-refractivity contribution >= 4 is 5.97 Å². The molecule has 1 aliphatic rings. The van der Waals surface area contributed by atoms with E-state index in [4.69, 9.17) is 10.5 Å². The predicted octanol–water partition coefficient (Wildman–Crippen LogP) is 0.802. The van der Waals surface area contributed by atoms with E-state index in [1.165, 1.54) is 6.08 Å². The van der Waals surface area contributed by atoms with Crippen LogP contribution in [0.25, 0.3) is 0 Å². The van der Waals surface area contributed by atoms with Crippen LogP contribution in [0.3, 0.4) is 0 Å². The van der Waals surface area contributed by atoms with Gasteiger partial charge in [-0.2, -0.15) is 0 Å². The van der Waals surface area contributed by atoms with E-state index in [9.17, 15) is 4.79 Å². The molecule has 3 nitrogen and oxygen atoms in total. The molecule has 11 heavy (non-hydrogen) atoms. The summed E-state index contributed by atoms with van der Waals surface area (Å²) in [6.45, 7) is 2.19. The average Bonchev–Trinajstić information content (AvgIpc) is 2.67. The Hall–Kier alpha value is -0.990. The molecule has 0 spiro atoms. The summed E-state index contributed by atoms with van der Waals surface area (Å²) in [4.78, 5) is 10.8. The van der Waals surface area contributed by atoms with Crippen LogP contribution < -0.4 is 5.73 Å². The Morgan fingerprint density at radius 2 is 2.36 bits per heavy atom. The number of nitrogens with two attached hydrogens (primary N) is 1. The molecule has 0 aromatic carbocycles. The summed E-state index contributed by atoms with van der Waals surface area (Å²) < 4.78 is 4.70.